The van der Waals surface area contributed by atoms with Crippen LogP contribution in [-0.2, 0) is 13.8 Å². The van der Waals surface area contributed by atoms with Gasteiger partial charge in [-0.2, -0.15) is 0 Å². The molecule has 0 saturated carbocycles. The Kier molecular flexibility index (Phi) is 6.44. The Labute approximate surface area is 127 Å². The standard InChI is InChI=1S/C12H18ClNO4S2/c1-4-18-6-10(8(2)3)14-12(15)9-5-11(19-7-9)20(13,16)17/h5,7-8,10H,4,6H2,1-3H3,(H,14,15). The molecule has 1 aromatic heterocycles. The highest BCUT2D eigenvalue weighted by Crippen LogP contribution is 2.23. The van der Waals surface area contributed by atoms with Crippen molar-refractivity contribution in [1.29, 1.82) is 0 Å². The van der Waals surface area contributed by atoms with E-state index in [1.165, 1.54) is 11.4 Å². The van der Waals surface area contributed by atoms with Crippen LogP contribution in [0.1, 0.15) is 31.1 Å². The average molecular weight is 340 g/mol. The van der Waals surface area contributed by atoms with Crippen molar-refractivity contribution >= 4 is 37.0 Å². The molecule has 5 nitrogen and oxygen atoms in total. The Hall–Kier alpha value is -0.630. The Morgan fingerprint density at radius 3 is 2.60 bits per heavy atom. The van der Waals surface area contributed by atoms with Crippen LogP contribution < -0.4 is 5.32 Å². The Bertz CT molecular complexity index is 554. The molecule has 1 unspecified atom stereocenters. The summed E-state index contributed by atoms with van der Waals surface area (Å²) in [5.74, 6) is -0.119. The van der Waals surface area contributed by atoms with Crippen molar-refractivity contribution in [3.05, 3.63) is 17.0 Å². The molecule has 8 heteroatoms. The molecule has 0 aliphatic heterocycles. The van der Waals surface area contributed by atoms with Crippen molar-refractivity contribution in [2.24, 2.45) is 5.92 Å². The maximum Gasteiger partial charge on any atom is 0.270 e. The first-order valence-electron chi connectivity index (χ1n) is 6.17. The largest absolute Gasteiger partial charge is 0.380 e. The molecular formula is C12H18ClNO4S2. The fourth-order valence-corrected chi connectivity index (χ4v) is 3.41. The zero-order chi connectivity index (χ0) is 15.3. The van der Waals surface area contributed by atoms with Crippen LogP contribution in [0, 0.1) is 5.92 Å². The molecule has 1 rings (SSSR count). The number of halogens is 1. The summed E-state index contributed by atoms with van der Waals surface area (Å²) in [7, 11) is 1.44. The summed E-state index contributed by atoms with van der Waals surface area (Å²) in [5.41, 5.74) is 0.288. The van der Waals surface area contributed by atoms with E-state index in [0.717, 1.165) is 11.3 Å². The van der Waals surface area contributed by atoms with E-state index in [4.69, 9.17) is 15.4 Å². The second-order valence-electron chi connectivity index (χ2n) is 4.58. The highest BCUT2D eigenvalue weighted by atomic mass is 35.7. The third-order valence-electron chi connectivity index (χ3n) is 2.70. The van der Waals surface area contributed by atoms with E-state index in [9.17, 15) is 13.2 Å². The molecule has 20 heavy (non-hydrogen) atoms. The van der Waals surface area contributed by atoms with Crippen LogP contribution in [0.25, 0.3) is 0 Å². The number of amides is 1. The van der Waals surface area contributed by atoms with Gasteiger partial charge in [0.05, 0.1) is 18.2 Å². The van der Waals surface area contributed by atoms with Crippen LogP contribution >= 0.6 is 22.0 Å². The smallest absolute Gasteiger partial charge is 0.270 e. The molecule has 0 aliphatic carbocycles. The second kappa shape index (κ2) is 7.40. The number of carbonyl (C=O) groups is 1. The molecule has 0 bridgehead atoms. The third-order valence-corrected chi connectivity index (χ3v) is 5.74. The summed E-state index contributed by atoms with van der Waals surface area (Å²) in [6.45, 7) is 6.84. The molecule has 1 amide bonds. The molecule has 1 aromatic rings. The van der Waals surface area contributed by atoms with Gasteiger partial charge in [-0.3, -0.25) is 4.79 Å². The van der Waals surface area contributed by atoms with Gasteiger partial charge in [0, 0.05) is 22.7 Å². The molecule has 0 spiro atoms. The second-order valence-corrected chi connectivity index (χ2v) is 8.28. The van der Waals surface area contributed by atoms with Crippen molar-refractivity contribution < 1.29 is 17.9 Å². The quantitative estimate of drug-likeness (QED) is 0.774. The first-order valence-corrected chi connectivity index (χ1v) is 9.36. The van der Waals surface area contributed by atoms with Crippen LogP contribution in [0.2, 0.25) is 0 Å². The van der Waals surface area contributed by atoms with Gasteiger partial charge in [0.15, 0.2) is 0 Å². The molecule has 1 N–H and O–H groups in total. The molecule has 0 fully saturated rings. The molecule has 1 atom stereocenters. The van der Waals surface area contributed by atoms with E-state index in [1.807, 2.05) is 20.8 Å². The van der Waals surface area contributed by atoms with Crippen LogP contribution in [0.5, 0.6) is 0 Å². The van der Waals surface area contributed by atoms with E-state index < -0.39 is 9.05 Å². The molecule has 0 aliphatic rings. The fourth-order valence-electron chi connectivity index (χ4n) is 1.46. The Morgan fingerprint density at radius 1 is 1.50 bits per heavy atom. The van der Waals surface area contributed by atoms with Gasteiger partial charge in [-0.25, -0.2) is 8.42 Å². The topological polar surface area (TPSA) is 72.5 Å². The lowest BCUT2D eigenvalue weighted by atomic mass is 10.1. The van der Waals surface area contributed by atoms with Crippen LogP contribution in [0.15, 0.2) is 15.7 Å². The van der Waals surface area contributed by atoms with Gasteiger partial charge in [-0.1, -0.05) is 13.8 Å². The first kappa shape index (κ1) is 17.4. The molecule has 1 heterocycles. The fraction of sp³-hybridized carbons (Fsp3) is 0.583. The van der Waals surface area contributed by atoms with Crippen molar-refractivity contribution in [2.45, 2.75) is 31.0 Å². The molecule has 114 valence electrons. The third kappa shape index (κ3) is 5.05. The van der Waals surface area contributed by atoms with Gasteiger partial charge in [0.25, 0.3) is 15.0 Å². The number of hydrogen-bond donors (Lipinski definition) is 1. The van der Waals surface area contributed by atoms with Crippen molar-refractivity contribution in [2.75, 3.05) is 13.2 Å². The Balaban J connectivity index is 2.76. The minimum Gasteiger partial charge on any atom is -0.380 e. The lowest BCUT2D eigenvalue weighted by Crippen LogP contribution is -2.41. The summed E-state index contributed by atoms with van der Waals surface area (Å²) in [5, 5.41) is 4.31. The van der Waals surface area contributed by atoms with E-state index in [0.29, 0.717) is 13.2 Å². The monoisotopic (exact) mass is 339 g/mol. The van der Waals surface area contributed by atoms with Crippen molar-refractivity contribution in [3.8, 4) is 0 Å². The van der Waals surface area contributed by atoms with Crippen LogP contribution in [-0.4, -0.2) is 33.6 Å². The Morgan fingerprint density at radius 2 is 2.15 bits per heavy atom. The van der Waals surface area contributed by atoms with Gasteiger partial charge >= 0.3 is 0 Å². The number of hydrogen-bond acceptors (Lipinski definition) is 5. The predicted molar refractivity (Wildman–Crippen MR) is 79.9 cm³/mol. The number of ether oxygens (including phenoxy) is 1. The minimum atomic E-state index is -3.79. The number of rotatable bonds is 7. The van der Waals surface area contributed by atoms with Crippen molar-refractivity contribution in [1.82, 2.24) is 5.32 Å². The highest BCUT2D eigenvalue weighted by Gasteiger charge is 2.20. The highest BCUT2D eigenvalue weighted by molar-refractivity contribution is 8.15. The summed E-state index contributed by atoms with van der Waals surface area (Å²) < 4.78 is 27.6. The number of thiophene rings is 1. The van der Waals surface area contributed by atoms with Gasteiger partial charge < -0.3 is 10.1 Å². The van der Waals surface area contributed by atoms with E-state index in [1.54, 1.807) is 0 Å². The van der Waals surface area contributed by atoms with E-state index >= 15 is 0 Å². The maximum absolute atomic E-state index is 12.1. The molecule has 0 aromatic carbocycles. The van der Waals surface area contributed by atoms with E-state index in [-0.39, 0.29) is 27.6 Å². The van der Waals surface area contributed by atoms with E-state index in [2.05, 4.69) is 5.32 Å². The summed E-state index contributed by atoms with van der Waals surface area (Å²) in [4.78, 5) is 12.1. The summed E-state index contributed by atoms with van der Waals surface area (Å²) in [6.07, 6.45) is 0. The minimum absolute atomic E-state index is 0.0322. The predicted octanol–water partition coefficient (Wildman–Crippen LogP) is 2.47. The normalized spacial score (nSPS) is 13.4. The first-order chi connectivity index (χ1) is 9.25. The number of nitrogens with one attached hydrogen (secondary N) is 1. The zero-order valence-corrected chi connectivity index (χ0v) is 13.9. The average Bonchev–Trinajstić information content (AvgIpc) is 2.83. The summed E-state index contributed by atoms with van der Waals surface area (Å²) in [6, 6.07) is 1.15. The van der Waals surface area contributed by atoms with Gasteiger partial charge in [-0.15, -0.1) is 11.3 Å². The SMILES string of the molecule is CCOCC(NC(=O)c1csc(S(=O)(=O)Cl)c1)C(C)C. The van der Waals surface area contributed by atoms with Crippen LogP contribution in [0.4, 0.5) is 0 Å². The lowest BCUT2D eigenvalue weighted by molar-refractivity contribution is 0.0806. The molecule has 0 saturated heterocycles. The van der Waals surface area contributed by atoms with Gasteiger partial charge in [0.1, 0.15) is 4.21 Å². The van der Waals surface area contributed by atoms with Gasteiger partial charge in [0.2, 0.25) is 0 Å². The lowest BCUT2D eigenvalue weighted by Gasteiger charge is -2.21. The van der Waals surface area contributed by atoms with Crippen LogP contribution in [0.3, 0.4) is 0 Å². The number of carbonyl (C=O) groups excluding carboxylic acids is 1. The molecular weight excluding hydrogens is 322 g/mol. The maximum atomic E-state index is 12.1. The zero-order valence-electron chi connectivity index (χ0n) is 11.6. The van der Waals surface area contributed by atoms with Gasteiger partial charge in [-0.05, 0) is 18.9 Å². The summed E-state index contributed by atoms with van der Waals surface area (Å²) >= 11 is 0.926. The van der Waals surface area contributed by atoms with Crippen molar-refractivity contribution in [3.63, 3.8) is 0 Å². The molecule has 0 radical (unpaired) electrons.